The Labute approximate surface area is 512 Å². The SMILES string of the molecule is CC/C=C\C/C=C\C/C=C\C/C=C\CCCCCCCCCCCCC(=O)NC(COC1OC(CO)C(OC2OC(CO)C(O)C(O)C2O)C(O)C1O)C(O)CCCCCCCCCCCCCCCCCCCCCCCCCCCCC. The summed E-state index contributed by atoms with van der Waals surface area (Å²) in [5.74, 6) is -0.209. The number of rotatable bonds is 57. The molecule has 0 aliphatic carbocycles. The molecule has 0 spiro atoms. The van der Waals surface area contributed by atoms with Crippen molar-refractivity contribution in [2.24, 2.45) is 0 Å². The van der Waals surface area contributed by atoms with Crippen LogP contribution in [-0.4, -0.2) is 140 Å². The van der Waals surface area contributed by atoms with Gasteiger partial charge in [0.2, 0.25) is 5.91 Å². The molecule has 12 unspecified atom stereocenters. The summed E-state index contributed by atoms with van der Waals surface area (Å²) in [7, 11) is 0. The van der Waals surface area contributed by atoms with Crippen LogP contribution in [0.15, 0.2) is 48.6 Å². The summed E-state index contributed by atoms with van der Waals surface area (Å²) in [6.45, 7) is 2.79. The normalized spacial score (nSPS) is 23.9. The minimum absolute atomic E-state index is 0.209. The molecule has 2 heterocycles. The highest BCUT2D eigenvalue weighted by Crippen LogP contribution is 2.30. The van der Waals surface area contributed by atoms with E-state index in [2.05, 4.69) is 67.8 Å². The summed E-state index contributed by atoms with van der Waals surface area (Å²) in [6.07, 6.45) is 54.0. The van der Waals surface area contributed by atoms with E-state index in [0.717, 1.165) is 83.5 Å². The lowest BCUT2D eigenvalue weighted by Gasteiger charge is -2.46. The lowest BCUT2D eigenvalue weighted by Crippen LogP contribution is -2.65. The monoisotopic (exact) mass is 1190 g/mol. The molecule has 14 nitrogen and oxygen atoms in total. The molecular weight excluding hydrogens is 1060 g/mol. The van der Waals surface area contributed by atoms with E-state index in [-0.39, 0.29) is 12.5 Å². The van der Waals surface area contributed by atoms with Gasteiger partial charge >= 0.3 is 0 Å². The third-order valence-corrected chi connectivity index (χ3v) is 17.1. The molecule has 0 saturated carbocycles. The number of hydrogen-bond donors (Lipinski definition) is 9. The molecule has 1 amide bonds. The van der Waals surface area contributed by atoms with Gasteiger partial charge in [0.05, 0.1) is 32.0 Å². The second-order valence-corrected chi connectivity index (χ2v) is 24.6. The van der Waals surface area contributed by atoms with Crippen LogP contribution in [0.25, 0.3) is 0 Å². The van der Waals surface area contributed by atoms with Gasteiger partial charge in [0, 0.05) is 6.42 Å². The van der Waals surface area contributed by atoms with Gasteiger partial charge in [-0.1, -0.05) is 287 Å². The first-order valence-electron chi connectivity index (χ1n) is 34.9. The maximum absolute atomic E-state index is 13.3. The van der Waals surface area contributed by atoms with Gasteiger partial charge in [-0.3, -0.25) is 4.79 Å². The van der Waals surface area contributed by atoms with Gasteiger partial charge in [0.25, 0.3) is 0 Å². The van der Waals surface area contributed by atoms with Crippen LogP contribution < -0.4 is 5.32 Å². The van der Waals surface area contributed by atoms with Crippen molar-refractivity contribution in [3.63, 3.8) is 0 Å². The lowest BCUT2D eigenvalue weighted by molar-refractivity contribution is -0.359. The molecule has 14 heteroatoms. The molecule has 0 aromatic rings. The predicted molar refractivity (Wildman–Crippen MR) is 341 cm³/mol. The summed E-state index contributed by atoms with van der Waals surface area (Å²) in [5.41, 5.74) is 0. The number of amides is 1. The third-order valence-electron chi connectivity index (χ3n) is 17.1. The second kappa shape index (κ2) is 55.1. The first-order valence-corrected chi connectivity index (χ1v) is 34.9. The first kappa shape index (κ1) is 78.0. The Morgan fingerprint density at radius 1 is 0.440 bits per heavy atom. The van der Waals surface area contributed by atoms with E-state index in [4.69, 9.17) is 18.9 Å². The van der Waals surface area contributed by atoms with Crippen molar-refractivity contribution in [3.05, 3.63) is 48.6 Å². The van der Waals surface area contributed by atoms with Crippen molar-refractivity contribution < 1.29 is 64.6 Å². The molecule has 2 saturated heterocycles. The topological polar surface area (TPSA) is 228 Å². The molecule has 2 rings (SSSR count). The number of hydrogen-bond acceptors (Lipinski definition) is 13. The van der Waals surface area contributed by atoms with Crippen LogP contribution >= 0.6 is 0 Å². The number of ether oxygens (including phenoxy) is 4. The maximum atomic E-state index is 13.3. The molecule has 492 valence electrons. The Kier molecular flexibility index (Phi) is 51.1. The van der Waals surface area contributed by atoms with Crippen molar-refractivity contribution in [1.82, 2.24) is 5.32 Å². The molecule has 0 bridgehead atoms. The van der Waals surface area contributed by atoms with Gasteiger partial charge in [-0.15, -0.1) is 0 Å². The highest BCUT2D eigenvalue weighted by atomic mass is 16.7. The lowest BCUT2D eigenvalue weighted by atomic mass is 9.97. The first-order chi connectivity index (χ1) is 41.1. The van der Waals surface area contributed by atoms with Crippen molar-refractivity contribution in [3.8, 4) is 0 Å². The smallest absolute Gasteiger partial charge is 0.220 e. The molecule has 2 fully saturated rings. The zero-order chi connectivity index (χ0) is 60.9. The zero-order valence-electron chi connectivity index (χ0n) is 53.4. The summed E-state index contributed by atoms with van der Waals surface area (Å²) in [4.78, 5) is 13.3. The number of allylic oxidation sites excluding steroid dienone is 8. The standard InChI is InChI=1S/C70H129NO13/c1-3-5-7-9-11-13-15-17-19-21-23-25-27-28-29-30-32-33-35-37-39-41-43-45-47-49-51-53-59(74)58(57-81-69-67(80)65(78)68(61(56-73)83-69)84-70-66(79)64(77)63(76)60(55-72)82-70)71-62(75)54-52-50-48-46-44-42-40-38-36-34-31-26-24-22-20-18-16-14-12-10-8-6-4-2/h6,8,12,14,18,20,24,26,58-61,63-70,72-74,76-80H,3-5,7,9-11,13,15-17,19,21-23,25,27-57H2,1-2H3,(H,71,75)/b8-6-,14-12-,20-18-,26-24-. The van der Waals surface area contributed by atoms with Gasteiger partial charge in [-0.25, -0.2) is 0 Å². The number of aliphatic hydroxyl groups excluding tert-OH is 8. The largest absolute Gasteiger partial charge is 0.394 e. The Hall–Kier alpha value is -2.05. The minimum Gasteiger partial charge on any atom is -0.394 e. The molecule has 9 N–H and O–H groups in total. The number of carbonyl (C=O) groups excluding carboxylic acids is 1. The van der Waals surface area contributed by atoms with Crippen LogP contribution in [0.1, 0.15) is 296 Å². The number of aliphatic hydroxyl groups is 8. The van der Waals surface area contributed by atoms with Crippen LogP contribution in [-0.2, 0) is 23.7 Å². The zero-order valence-corrected chi connectivity index (χ0v) is 53.4. The number of carbonyl (C=O) groups is 1. The van der Waals surface area contributed by atoms with Gasteiger partial charge in [-0.05, 0) is 51.4 Å². The fourth-order valence-electron chi connectivity index (χ4n) is 11.5. The van der Waals surface area contributed by atoms with Crippen LogP contribution in [0.4, 0.5) is 0 Å². The summed E-state index contributed by atoms with van der Waals surface area (Å²) >= 11 is 0. The van der Waals surface area contributed by atoms with E-state index < -0.39 is 86.8 Å². The fourth-order valence-corrected chi connectivity index (χ4v) is 11.5. The van der Waals surface area contributed by atoms with Gasteiger partial charge in [0.1, 0.15) is 48.8 Å². The Bertz CT molecular complexity index is 1590. The molecular formula is C70H129NO13. The van der Waals surface area contributed by atoms with Gasteiger partial charge < -0.3 is 65.1 Å². The molecule has 84 heavy (non-hydrogen) atoms. The number of nitrogens with one attached hydrogen (secondary N) is 1. The predicted octanol–water partition coefficient (Wildman–Crippen LogP) is 13.9. The molecule has 0 radical (unpaired) electrons. The average Bonchev–Trinajstić information content (AvgIpc) is 3.18. The summed E-state index contributed by atoms with van der Waals surface area (Å²) in [6, 6.07) is -0.834. The van der Waals surface area contributed by atoms with Crippen molar-refractivity contribution >= 4 is 5.91 Å². The maximum Gasteiger partial charge on any atom is 0.220 e. The molecule has 2 aliphatic heterocycles. The van der Waals surface area contributed by atoms with Gasteiger partial charge in [-0.2, -0.15) is 0 Å². The highest BCUT2D eigenvalue weighted by molar-refractivity contribution is 5.76. The van der Waals surface area contributed by atoms with Gasteiger partial charge in [0.15, 0.2) is 12.6 Å². The van der Waals surface area contributed by atoms with E-state index in [1.54, 1.807) is 0 Å². The van der Waals surface area contributed by atoms with Crippen molar-refractivity contribution in [2.45, 2.75) is 370 Å². The van der Waals surface area contributed by atoms with Crippen LogP contribution in [0.3, 0.4) is 0 Å². The molecule has 2 aliphatic rings. The third kappa shape index (κ3) is 39.1. The van der Waals surface area contributed by atoms with Crippen LogP contribution in [0.5, 0.6) is 0 Å². The quantitative estimate of drug-likeness (QED) is 0.0204. The average molecular weight is 1190 g/mol. The summed E-state index contributed by atoms with van der Waals surface area (Å²) in [5, 5.41) is 87.6. The molecule has 0 aromatic carbocycles. The fraction of sp³-hybridized carbons (Fsp3) is 0.871. The minimum atomic E-state index is -1.78. The highest BCUT2D eigenvalue weighted by Gasteiger charge is 2.51. The Morgan fingerprint density at radius 2 is 0.821 bits per heavy atom. The molecule has 12 atom stereocenters. The Morgan fingerprint density at radius 3 is 1.26 bits per heavy atom. The van der Waals surface area contributed by atoms with Crippen molar-refractivity contribution in [1.29, 1.82) is 0 Å². The molecule has 0 aromatic heterocycles. The van der Waals surface area contributed by atoms with Crippen LogP contribution in [0, 0.1) is 0 Å². The van der Waals surface area contributed by atoms with E-state index in [0.29, 0.717) is 12.8 Å². The van der Waals surface area contributed by atoms with E-state index in [1.165, 1.54) is 186 Å². The van der Waals surface area contributed by atoms with Crippen molar-refractivity contribution in [2.75, 3.05) is 19.8 Å². The number of unbranched alkanes of at least 4 members (excludes halogenated alkanes) is 36. The van der Waals surface area contributed by atoms with E-state index in [9.17, 15) is 45.6 Å². The van der Waals surface area contributed by atoms with Crippen LogP contribution in [0.2, 0.25) is 0 Å². The Balaban J connectivity index is 1.68. The second-order valence-electron chi connectivity index (χ2n) is 24.6. The van der Waals surface area contributed by atoms with E-state index in [1.807, 2.05) is 0 Å². The summed E-state index contributed by atoms with van der Waals surface area (Å²) < 4.78 is 22.9. The van der Waals surface area contributed by atoms with E-state index >= 15 is 0 Å².